The molecule has 0 bridgehead atoms. The Morgan fingerprint density at radius 1 is 1.50 bits per heavy atom. The molecule has 0 heterocycles. The third kappa shape index (κ3) is 1.84. The summed E-state index contributed by atoms with van der Waals surface area (Å²) in [5.74, 6) is 0. The Morgan fingerprint density at radius 3 is 2.83 bits per heavy atom. The molecule has 1 aromatic carbocycles. The van der Waals surface area contributed by atoms with E-state index in [-0.39, 0.29) is 6.61 Å². The summed E-state index contributed by atoms with van der Waals surface area (Å²) in [7, 11) is 0. The van der Waals surface area contributed by atoms with Gasteiger partial charge in [0.2, 0.25) is 0 Å². The lowest BCUT2D eigenvalue weighted by Gasteiger charge is -2.01. The lowest BCUT2D eigenvalue weighted by molar-refractivity contribution is 0.299. The lowest BCUT2D eigenvalue weighted by Crippen LogP contribution is -1.94. The van der Waals surface area contributed by atoms with E-state index < -0.39 is 0 Å². The third-order valence-corrected chi connectivity index (χ3v) is 1.77. The smallest absolute Gasteiger partial charge is 0.0994 e. The Bertz CT molecular complexity index is 312. The number of hydrogen-bond acceptors (Lipinski definition) is 2. The maximum absolute atomic E-state index is 8.74. The van der Waals surface area contributed by atoms with Gasteiger partial charge in [-0.25, -0.2) is 0 Å². The normalized spacial score (nSPS) is 9.42. The molecule has 0 atom stereocenters. The maximum Gasteiger partial charge on any atom is 0.0994 e. The Labute approximate surface area is 72.1 Å². The number of nitrogens with zero attached hydrogens (tertiary/aromatic N) is 1. The second-order valence-electron chi connectivity index (χ2n) is 2.75. The number of nitriles is 1. The van der Waals surface area contributed by atoms with Crippen LogP contribution in [0.4, 0.5) is 0 Å². The molecule has 0 spiro atoms. The summed E-state index contributed by atoms with van der Waals surface area (Å²) in [6.45, 7) is 2.04. The van der Waals surface area contributed by atoms with Crippen LogP contribution in [0, 0.1) is 18.3 Å². The Hall–Kier alpha value is -1.33. The van der Waals surface area contributed by atoms with Gasteiger partial charge in [0.1, 0.15) is 0 Å². The number of aliphatic hydroxyl groups excluding tert-OH is 1. The highest BCUT2D eigenvalue weighted by Crippen LogP contribution is 2.10. The summed E-state index contributed by atoms with van der Waals surface area (Å²) >= 11 is 0. The van der Waals surface area contributed by atoms with Crippen LogP contribution in [0.5, 0.6) is 0 Å². The van der Waals surface area contributed by atoms with Crippen LogP contribution < -0.4 is 0 Å². The van der Waals surface area contributed by atoms with Crippen LogP contribution in [0.25, 0.3) is 0 Å². The Morgan fingerprint density at radius 2 is 2.25 bits per heavy atom. The van der Waals surface area contributed by atoms with Crippen LogP contribution in [0.15, 0.2) is 18.2 Å². The van der Waals surface area contributed by atoms with Gasteiger partial charge in [0.15, 0.2) is 0 Å². The van der Waals surface area contributed by atoms with Crippen molar-refractivity contribution in [2.75, 3.05) is 6.61 Å². The zero-order valence-electron chi connectivity index (χ0n) is 7.04. The van der Waals surface area contributed by atoms with Crippen LogP contribution in [0.2, 0.25) is 0 Å². The predicted octanol–water partition coefficient (Wildman–Crippen LogP) is 1.40. The monoisotopic (exact) mass is 161 g/mol. The fourth-order valence-electron chi connectivity index (χ4n) is 1.13. The Kier molecular flexibility index (Phi) is 2.84. The number of rotatable bonds is 2. The molecule has 0 unspecified atom stereocenters. The van der Waals surface area contributed by atoms with Gasteiger partial charge in [-0.1, -0.05) is 12.1 Å². The molecule has 1 N–H and O–H groups in total. The molecule has 2 heteroatoms. The first-order valence-corrected chi connectivity index (χ1v) is 3.88. The molecule has 1 aromatic rings. The van der Waals surface area contributed by atoms with Crippen LogP contribution in [0.1, 0.15) is 16.7 Å². The van der Waals surface area contributed by atoms with E-state index in [9.17, 15) is 0 Å². The molecule has 0 amide bonds. The van der Waals surface area contributed by atoms with Crippen LogP contribution >= 0.6 is 0 Å². The minimum atomic E-state index is 0.0950. The maximum atomic E-state index is 8.74. The molecular formula is C10H11NO. The number of benzene rings is 1. The van der Waals surface area contributed by atoms with E-state index in [4.69, 9.17) is 10.4 Å². The molecule has 0 aliphatic rings. The van der Waals surface area contributed by atoms with Crippen molar-refractivity contribution in [3.63, 3.8) is 0 Å². The number of hydrogen-bond donors (Lipinski definition) is 1. The van der Waals surface area contributed by atoms with E-state index >= 15 is 0 Å². The van der Waals surface area contributed by atoms with Gasteiger partial charge in [-0.15, -0.1) is 0 Å². The predicted molar refractivity (Wildman–Crippen MR) is 46.7 cm³/mol. The molecule has 0 aliphatic carbocycles. The molecule has 0 aliphatic heterocycles. The van der Waals surface area contributed by atoms with Crippen molar-refractivity contribution in [3.05, 3.63) is 34.9 Å². The summed E-state index contributed by atoms with van der Waals surface area (Å²) in [4.78, 5) is 0. The topological polar surface area (TPSA) is 44.0 Å². The van der Waals surface area contributed by atoms with Crippen molar-refractivity contribution >= 4 is 0 Å². The first-order valence-electron chi connectivity index (χ1n) is 3.88. The second-order valence-corrected chi connectivity index (χ2v) is 2.75. The SMILES string of the molecule is Cc1ccc(CCO)c(C#N)c1. The van der Waals surface area contributed by atoms with E-state index in [1.165, 1.54) is 0 Å². The third-order valence-electron chi connectivity index (χ3n) is 1.77. The van der Waals surface area contributed by atoms with Gasteiger partial charge in [0.05, 0.1) is 11.6 Å². The van der Waals surface area contributed by atoms with E-state index in [2.05, 4.69) is 6.07 Å². The molecule has 0 radical (unpaired) electrons. The first-order chi connectivity index (χ1) is 5.77. The first kappa shape index (κ1) is 8.76. The molecule has 0 saturated heterocycles. The largest absolute Gasteiger partial charge is 0.396 e. The van der Waals surface area contributed by atoms with Gasteiger partial charge < -0.3 is 5.11 Å². The standard InChI is InChI=1S/C10H11NO/c1-8-2-3-9(4-5-12)10(6-8)7-11/h2-3,6,12H,4-5H2,1H3. The van der Waals surface area contributed by atoms with Crippen molar-refractivity contribution in [1.29, 1.82) is 5.26 Å². The minimum absolute atomic E-state index is 0.0950. The summed E-state index contributed by atoms with van der Waals surface area (Å²) in [5, 5.41) is 17.4. The van der Waals surface area contributed by atoms with E-state index in [1.807, 2.05) is 25.1 Å². The average Bonchev–Trinajstić information content (AvgIpc) is 2.08. The molecule has 0 aromatic heterocycles. The van der Waals surface area contributed by atoms with E-state index in [0.717, 1.165) is 11.1 Å². The molecule has 0 saturated carbocycles. The van der Waals surface area contributed by atoms with Gasteiger partial charge in [-0.3, -0.25) is 0 Å². The summed E-state index contributed by atoms with van der Waals surface area (Å²) in [6, 6.07) is 7.79. The van der Waals surface area contributed by atoms with Gasteiger partial charge >= 0.3 is 0 Å². The number of aliphatic hydroxyl groups is 1. The van der Waals surface area contributed by atoms with Crippen LogP contribution in [-0.4, -0.2) is 11.7 Å². The highest BCUT2D eigenvalue weighted by Gasteiger charge is 2.00. The van der Waals surface area contributed by atoms with Gasteiger partial charge in [-0.2, -0.15) is 5.26 Å². The fourth-order valence-corrected chi connectivity index (χ4v) is 1.13. The highest BCUT2D eigenvalue weighted by atomic mass is 16.2. The average molecular weight is 161 g/mol. The zero-order valence-corrected chi connectivity index (χ0v) is 7.04. The number of aryl methyl sites for hydroxylation is 1. The van der Waals surface area contributed by atoms with Crippen LogP contribution in [0.3, 0.4) is 0 Å². The van der Waals surface area contributed by atoms with Gasteiger partial charge in [0.25, 0.3) is 0 Å². The van der Waals surface area contributed by atoms with Crippen molar-refractivity contribution in [2.24, 2.45) is 0 Å². The quantitative estimate of drug-likeness (QED) is 0.712. The second kappa shape index (κ2) is 3.89. The minimum Gasteiger partial charge on any atom is -0.396 e. The van der Waals surface area contributed by atoms with Crippen molar-refractivity contribution in [2.45, 2.75) is 13.3 Å². The molecule has 0 fully saturated rings. The van der Waals surface area contributed by atoms with Crippen molar-refractivity contribution in [3.8, 4) is 6.07 Å². The summed E-state index contributed by atoms with van der Waals surface area (Å²) in [6.07, 6.45) is 0.559. The van der Waals surface area contributed by atoms with Gasteiger partial charge in [-0.05, 0) is 30.5 Å². The highest BCUT2D eigenvalue weighted by molar-refractivity contribution is 5.40. The van der Waals surface area contributed by atoms with Crippen molar-refractivity contribution < 1.29 is 5.11 Å². The Balaban J connectivity index is 3.05. The molecule has 62 valence electrons. The van der Waals surface area contributed by atoms with Crippen molar-refractivity contribution in [1.82, 2.24) is 0 Å². The van der Waals surface area contributed by atoms with E-state index in [1.54, 1.807) is 0 Å². The van der Waals surface area contributed by atoms with Crippen LogP contribution in [-0.2, 0) is 6.42 Å². The molecule has 2 nitrogen and oxygen atoms in total. The van der Waals surface area contributed by atoms with Gasteiger partial charge in [0, 0.05) is 6.61 Å². The summed E-state index contributed by atoms with van der Waals surface area (Å²) < 4.78 is 0. The van der Waals surface area contributed by atoms with E-state index in [0.29, 0.717) is 12.0 Å². The zero-order chi connectivity index (χ0) is 8.97. The molecular weight excluding hydrogens is 150 g/mol. The molecule has 12 heavy (non-hydrogen) atoms. The lowest BCUT2D eigenvalue weighted by atomic mass is 10.0. The fraction of sp³-hybridized carbons (Fsp3) is 0.300. The molecule has 1 rings (SSSR count). The summed E-state index contributed by atoms with van der Waals surface area (Å²) in [5.41, 5.74) is 2.67.